The number of para-hydroxylation sites is 1. The molecule has 7 heterocycles. The molecule has 0 aliphatic carbocycles. The fourth-order valence-electron chi connectivity index (χ4n) is 11.0. The molecule has 0 fully saturated rings. The molecule has 0 atom stereocenters. The van der Waals surface area contributed by atoms with E-state index in [-0.39, 0.29) is 42.7 Å². The molecule has 0 saturated carbocycles. The molecule has 0 spiro atoms. The summed E-state index contributed by atoms with van der Waals surface area (Å²) < 4.78 is 18.2. The van der Waals surface area contributed by atoms with Crippen LogP contribution in [0.4, 0.5) is 0 Å². The Morgan fingerprint density at radius 1 is 0.541 bits per heavy atom. The quantitative estimate of drug-likeness (QED) is 0.128. The van der Waals surface area contributed by atoms with E-state index < -0.39 is 0 Å². The molecule has 5 aromatic heterocycles. The maximum absolute atomic E-state index is 6.81. The number of nitrogens with zero attached hydrogens (tertiary/aromatic N) is 4. The maximum Gasteiger partial charge on any atom is 2.00 e. The molecule has 6 nitrogen and oxygen atoms in total. The van der Waals surface area contributed by atoms with Crippen LogP contribution in [0.15, 0.2) is 118 Å². The Balaban J connectivity index is 0.00000399. The smallest absolute Gasteiger partial charge is 0.511 e. The van der Waals surface area contributed by atoms with Gasteiger partial charge >= 0.3 is 21.1 Å². The van der Waals surface area contributed by atoms with Crippen molar-refractivity contribution in [1.82, 2.24) is 19.2 Å². The minimum Gasteiger partial charge on any atom is -0.511 e. The van der Waals surface area contributed by atoms with Gasteiger partial charge in [-0.3, -0.25) is 9.67 Å². The SMILES string of the molecule is CC1(C)c2cc3oc4ccc5oc6cc7c([c-]c6c5c4c3[c-]c2-n2ncc(-c3ccccc3)c2C1(C)C)c1nc(-c2ccccc2)c2n1c1c(cccc71)C(C)(C)C2(C)C.[Pt+2]. The van der Waals surface area contributed by atoms with Crippen LogP contribution in [0.2, 0.25) is 0 Å². The number of hydrogen-bond donors (Lipinski definition) is 0. The van der Waals surface area contributed by atoms with Crippen molar-refractivity contribution in [2.24, 2.45) is 0 Å². The van der Waals surface area contributed by atoms with E-state index in [1.165, 1.54) is 27.9 Å². The van der Waals surface area contributed by atoms with Gasteiger partial charge in [-0.05, 0) is 39.7 Å². The second kappa shape index (κ2) is 11.7. The Morgan fingerprint density at radius 2 is 1.15 bits per heavy atom. The van der Waals surface area contributed by atoms with Crippen LogP contribution in [0.25, 0.3) is 99.3 Å². The zero-order valence-electron chi connectivity index (χ0n) is 35.3. The van der Waals surface area contributed by atoms with Crippen LogP contribution in [0.1, 0.15) is 77.9 Å². The maximum atomic E-state index is 6.81. The molecule has 300 valence electrons. The molecule has 2 aliphatic heterocycles. The van der Waals surface area contributed by atoms with Gasteiger partial charge in [0.25, 0.3) is 0 Å². The standard InChI is InChI=1S/C54H42N4O2.Pt/c1-51(2)37-21-15-20-31-32-26-42-34(24-33(32)50-56-46(30-18-13-10-14-19-30)49(54(51,7)8)57(50)47(31)37)44-40(59-42)22-23-41-45(44)35-25-39-38(27-43(35)60-41)52(3,4)53(5,6)48-36(28-55-58(39)48)29-16-11-9-12-17-29;/h9-23,26-28H,1-8H3;/q-2;+2. The fraction of sp³-hybridized carbons (Fsp3) is 0.222. The summed E-state index contributed by atoms with van der Waals surface area (Å²) in [6.45, 7) is 18.8. The van der Waals surface area contributed by atoms with Crippen LogP contribution < -0.4 is 0 Å². The molecule has 0 radical (unpaired) electrons. The van der Waals surface area contributed by atoms with Gasteiger partial charge in [-0.1, -0.05) is 179 Å². The summed E-state index contributed by atoms with van der Waals surface area (Å²) in [4.78, 5) is 5.59. The Labute approximate surface area is 367 Å². The second-order valence-corrected chi connectivity index (χ2v) is 19.3. The molecular formula is C54H42N4O2Pt. The van der Waals surface area contributed by atoms with E-state index in [0.717, 1.165) is 93.9 Å². The molecule has 61 heavy (non-hydrogen) atoms. The number of imidazole rings is 1. The molecule has 0 saturated heterocycles. The van der Waals surface area contributed by atoms with E-state index in [1.54, 1.807) is 0 Å². The zero-order valence-corrected chi connectivity index (χ0v) is 37.6. The van der Waals surface area contributed by atoms with Gasteiger partial charge in [-0.2, -0.15) is 5.10 Å². The molecule has 2 aliphatic rings. The summed E-state index contributed by atoms with van der Waals surface area (Å²) in [5.74, 6) is 0. The summed E-state index contributed by atoms with van der Waals surface area (Å²) in [6.07, 6.45) is 2.02. The number of rotatable bonds is 2. The number of furan rings is 2. The van der Waals surface area contributed by atoms with Gasteiger partial charge in [-0.25, -0.2) is 0 Å². The minimum atomic E-state index is -0.266. The van der Waals surface area contributed by atoms with Crippen molar-refractivity contribution in [1.29, 1.82) is 0 Å². The number of pyridine rings is 1. The van der Waals surface area contributed by atoms with Gasteiger partial charge in [0.05, 0.1) is 40.0 Å². The van der Waals surface area contributed by atoms with Gasteiger partial charge in [-0.15, -0.1) is 17.5 Å². The third-order valence-corrected chi connectivity index (χ3v) is 15.5. The summed E-state index contributed by atoms with van der Waals surface area (Å²) in [7, 11) is 0. The summed E-state index contributed by atoms with van der Waals surface area (Å²) in [5, 5.41) is 12.1. The van der Waals surface area contributed by atoms with Gasteiger partial charge in [0.15, 0.2) is 0 Å². The first-order chi connectivity index (χ1) is 28.8. The Hall–Kier alpha value is -5.97. The first kappa shape index (κ1) is 36.8. The van der Waals surface area contributed by atoms with E-state index in [0.29, 0.717) is 0 Å². The Bertz CT molecular complexity index is 3710. The normalized spacial score (nSPS) is 16.9. The minimum absolute atomic E-state index is 0. The summed E-state index contributed by atoms with van der Waals surface area (Å²) in [5.41, 5.74) is 14.6. The van der Waals surface area contributed by atoms with Crippen LogP contribution >= 0.6 is 0 Å². The first-order valence-electron chi connectivity index (χ1n) is 21.0. The zero-order chi connectivity index (χ0) is 40.8. The molecule has 6 aromatic carbocycles. The molecule has 11 aromatic rings. The number of hydrogen-bond acceptors (Lipinski definition) is 4. The van der Waals surface area contributed by atoms with E-state index in [2.05, 4.69) is 168 Å². The van der Waals surface area contributed by atoms with Gasteiger partial charge in [0.2, 0.25) is 0 Å². The average Bonchev–Trinajstić information content (AvgIpc) is 4.03. The van der Waals surface area contributed by atoms with E-state index in [1.807, 2.05) is 18.3 Å². The number of fused-ring (bicyclic) bond motifs is 13. The monoisotopic (exact) mass is 973 g/mol. The van der Waals surface area contributed by atoms with E-state index >= 15 is 0 Å². The third kappa shape index (κ3) is 4.32. The van der Waals surface area contributed by atoms with Crippen molar-refractivity contribution in [2.75, 3.05) is 0 Å². The summed E-state index contributed by atoms with van der Waals surface area (Å²) >= 11 is 0. The van der Waals surface area contributed by atoms with Crippen molar-refractivity contribution in [3.63, 3.8) is 0 Å². The van der Waals surface area contributed by atoms with Crippen LogP contribution in [-0.4, -0.2) is 19.2 Å². The van der Waals surface area contributed by atoms with Crippen LogP contribution in [0.3, 0.4) is 0 Å². The first-order valence-corrected chi connectivity index (χ1v) is 21.0. The van der Waals surface area contributed by atoms with E-state index in [9.17, 15) is 0 Å². The average molecular weight is 974 g/mol. The van der Waals surface area contributed by atoms with Crippen molar-refractivity contribution >= 4 is 71.2 Å². The molecule has 0 amide bonds. The van der Waals surface area contributed by atoms with Crippen LogP contribution in [0, 0.1) is 12.1 Å². The number of aromatic nitrogens is 4. The Morgan fingerprint density at radius 3 is 1.84 bits per heavy atom. The van der Waals surface area contributed by atoms with Gasteiger partial charge < -0.3 is 13.2 Å². The molecule has 7 heteroatoms. The summed E-state index contributed by atoms with van der Waals surface area (Å²) in [6, 6.07) is 44.4. The van der Waals surface area contributed by atoms with Crippen molar-refractivity contribution < 1.29 is 29.9 Å². The van der Waals surface area contributed by atoms with Crippen LogP contribution in [0.5, 0.6) is 0 Å². The molecule has 0 bridgehead atoms. The fourth-order valence-corrected chi connectivity index (χ4v) is 11.0. The molecule has 0 N–H and O–H groups in total. The van der Waals surface area contributed by atoms with Crippen molar-refractivity contribution in [2.45, 2.75) is 77.0 Å². The Kier molecular flexibility index (Phi) is 7.06. The van der Waals surface area contributed by atoms with Gasteiger partial charge in [0, 0.05) is 44.2 Å². The second-order valence-electron chi connectivity index (χ2n) is 19.3. The largest absolute Gasteiger partial charge is 2.00 e. The predicted octanol–water partition coefficient (Wildman–Crippen LogP) is 13.7. The topological polar surface area (TPSA) is 61.4 Å². The number of benzene rings is 6. The van der Waals surface area contributed by atoms with Crippen LogP contribution in [-0.2, 0) is 42.7 Å². The van der Waals surface area contributed by atoms with Crippen molar-refractivity contribution in [3.8, 4) is 28.1 Å². The third-order valence-electron chi connectivity index (χ3n) is 15.5. The molecule has 13 rings (SSSR count). The molecular weight excluding hydrogens is 932 g/mol. The predicted molar refractivity (Wildman–Crippen MR) is 243 cm³/mol. The molecule has 0 unspecified atom stereocenters. The van der Waals surface area contributed by atoms with Gasteiger partial charge in [0.1, 0.15) is 0 Å². The van der Waals surface area contributed by atoms with E-state index in [4.69, 9.17) is 18.9 Å². The van der Waals surface area contributed by atoms with Crippen molar-refractivity contribution in [3.05, 3.63) is 144 Å².